The maximum Gasteiger partial charge on any atom is 0.253 e. The first-order chi connectivity index (χ1) is 15.4. The number of hydrogen-bond acceptors (Lipinski definition) is 5. The zero-order valence-corrected chi connectivity index (χ0v) is 18.6. The number of carbonyl (C=O) groups is 2. The number of anilines is 1. The van der Waals surface area contributed by atoms with E-state index < -0.39 is 6.17 Å². The highest BCUT2D eigenvalue weighted by Crippen LogP contribution is 2.19. The Morgan fingerprint density at radius 3 is 1.44 bits per heavy atom. The van der Waals surface area contributed by atoms with Gasteiger partial charge in [0.2, 0.25) is 0 Å². The number of rotatable bonds is 8. The third-order valence-electron chi connectivity index (χ3n) is 5.00. The molecule has 0 aliphatic heterocycles. The molecule has 3 aromatic carbocycles. The molecule has 32 heavy (non-hydrogen) atoms. The van der Waals surface area contributed by atoms with E-state index in [1.807, 2.05) is 43.3 Å². The summed E-state index contributed by atoms with van der Waals surface area (Å²) in [4.78, 5) is 27.7. The fourth-order valence-corrected chi connectivity index (χ4v) is 3.08. The van der Waals surface area contributed by atoms with E-state index in [1.165, 1.54) is 0 Å². The SMILES string of the molecule is COc1ccc(C(=O)NC(NC(=O)c2ccc(OC)cc2)c2ccc(N(C)C)cc2)cc1. The third-order valence-corrected chi connectivity index (χ3v) is 5.00. The van der Waals surface area contributed by atoms with E-state index in [2.05, 4.69) is 10.6 Å². The lowest BCUT2D eigenvalue weighted by molar-refractivity contribution is 0.0883. The Labute approximate surface area is 188 Å². The fourth-order valence-electron chi connectivity index (χ4n) is 3.08. The molecule has 0 atom stereocenters. The summed E-state index contributed by atoms with van der Waals surface area (Å²) in [6.45, 7) is 0. The van der Waals surface area contributed by atoms with Gasteiger partial charge in [-0.15, -0.1) is 0 Å². The lowest BCUT2D eigenvalue weighted by Crippen LogP contribution is -2.41. The highest BCUT2D eigenvalue weighted by molar-refractivity contribution is 5.97. The van der Waals surface area contributed by atoms with Crippen molar-refractivity contribution in [1.29, 1.82) is 0 Å². The molecule has 0 spiro atoms. The molecule has 0 aliphatic carbocycles. The van der Waals surface area contributed by atoms with Gasteiger partial charge in [-0.1, -0.05) is 12.1 Å². The number of carbonyl (C=O) groups excluding carboxylic acids is 2. The zero-order chi connectivity index (χ0) is 23.1. The molecule has 2 N–H and O–H groups in total. The van der Waals surface area contributed by atoms with Gasteiger partial charge in [0.15, 0.2) is 0 Å². The summed E-state index contributed by atoms with van der Waals surface area (Å²) in [5, 5.41) is 5.82. The van der Waals surface area contributed by atoms with Crippen molar-refractivity contribution in [2.75, 3.05) is 33.2 Å². The van der Waals surface area contributed by atoms with Crippen LogP contribution in [0, 0.1) is 0 Å². The molecule has 0 aliphatic rings. The molecule has 0 heterocycles. The van der Waals surface area contributed by atoms with Crippen LogP contribution in [-0.2, 0) is 0 Å². The second-order valence-corrected chi connectivity index (χ2v) is 7.32. The number of benzene rings is 3. The first-order valence-electron chi connectivity index (χ1n) is 10.1. The first-order valence-corrected chi connectivity index (χ1v) is 10.1. The highest BCUT2D eigenvalue weighted by Gasteiger charge is 2.19. The van der Waals surface area contributed by atoms with E-state index in [0.717, 1.165) is 11.3 Å². The van der Waals surface area contributed by atoms with E-state index in [9.17, 15) is 9.59 Å². The van der Waals surface area contributed by atoms with Gasteiger partial charge < -0.3 is 25.0 Å². The molecule has 2 amide bonds. The van der Waals surface area contributed by atoms with Crippen LogP contribution in [0.4, 0.5) is 5.69 Å². The molecular formula is C25H27N3O4. The molecule has 0 unspecified atom stereocenters. The molecule has 0 aromatic heterocycles. The van der Waals surface area contributed by atoms with Crippen LogP contribution in [0.5, 0.6) is 11.5 Å². The molecule has 0 radical (unpaired) electrons. The molecule has 3 aromatic rings. The normalized spacial score (nSPS) is 10.4. The molecule has 0 fully saturated rings. The lowest BCUT2D eigenvalue weighted by atomic mass is 10.1. The summed E-state index contributed by atoms with van der Waals surface area (Å²) < 4.78 is 10.3. The van der Waals surface area contributed by atoms with Crippen molar-refractivity contribution in [2.45, 2.75) is 6.17 Å². The molecule has 0 saturated carbocycles. The van der Waals surface area contributed by atoms with Crippen molar-refractivity contribution in [1.82, 2.24) is 10.6 Å². The summed E-state index contributed by atoms with van der Waals surface area (Å²) in [5.41, 5.74) is 2.67. The Morgan fingerprint density at radius 2 is 1.09 bits per heavy atom. The van der Waals surface area contributed by atoms with Gasteiger partial charge >= 0.3 is 0 Å². The Morgan fingerprint density at radius 1 is 0.688 bits per heavy atom. The predicted octanol–water partition coefficient (Wildman–Crippen LogP) is 3.63. The number of amides is 2. The number of ether oxygens (including phenoxy) is 2. The van der Waals surface area contributed by atoms with Crippen LogP contribution in [0.15, 0.2) is 72.8 Å². The smallest absolute Gasteiger partial charge is 0.253 e. The number of methoxy groups -OCH3 is 2. The van der Waals surface area contributed by atoms with Gasteiger partial charge in [0.1, 0.15) is 17.7 Å². The van der Waals surface area contributed by atoms with Crippen LogP contribution in [0.3, 0.4) is 0 Å². The molecule has 0 saturated heterocycles. The Kier molecular flexibility index (Phi) is 7.33. The van der Waals surface area contributed by atoms with Crippen molar-refractivity contribution in [3.63, 3.8) is 0 Å². The highest BCUT2D eigenvalue weighted by atomic mass is 16.5. The third kappa shape index (κ3) is 5.57. The van der Waals surface area contributed by atoms with Gasteiger partial charge in [0.25, 0.3) is 11.8 Å². The van der Waals surface area contributed by atoms with Gasteiger partial charge in [-0.2, -0.15) is 0 Å². The van der Waals surface area contributed by atoms with Crippen LogP contribution in [0.2, 0.25) is 0 Å². The van der Waals surface area contributed by atoms with Crippen molar-refractivity contribution in [3.8, 4) is 11.5 Å². The lowest BCUT2D eigenvalue weighted by Gasteiger charge is -2.22. The summed E-state index contributed by atoms with van der Waals surface area (Å²) in [6, 6.07) is 21.2. The molecule has 0 bridgehead atoms. The molecule has 166 valence electrons. The molecule has 7 nitrogen and oxygen atoms in total. The summed E-state index contributed by atoms with van der Waals surface area (Å²) in [5.74, 6) is 0.684. The van der Waals surface area contributed by atoms with E-state index in [-0.39, 0.29) is 11.8 Å². The van der Waals surface area contributed by atoms with E-state index in [1.54, 1.807) is 62.8 Å². The first kappa shape index (κ1) is 22.7. The molecule has 3 rings (SSSR count). The average Bonchev–Trinajstić information content (AvgIpc) is 2.83. The Balaban J connectivity index is 1.83. The van der Waals surface area contributed by atoms with Gasteiger partial charge in [-0.3, -0.25) is 9.59 Å². The molecular weight excluding hydrogens is 406 g/mol. The van der Waals surface area contributed by atoms with Gasteiger partial charge in [-0.05, 0) is 66.2 Å². The Hall–Kier alpha value is -4.00. The summed E-state index contributed by atoms with van der Waals surface area (Å²) in [6.07, 6.45) is -0.726. The molecule has 7 heteroatoms. The van der Waals surface area contributed by atoms with E-state index in [4.69, 9.17) is 9.47 Å². The topological polar surface area (TPSA) is 79.9 Å². The van der Waals surface area contributed by atoms with Crippen molar-refractivity contribution >= 4 is 17.5 Å². The van der Waals surface area contributed by atoms with E-state index >= 15 is 0 Å². The minimum Gasteiger partial charge on any atom is -0.497 e. The second kappa shape index (κ2) is 10.3. The minimum atomic E-state index is -0.726. The van der Waals surface area contributed by atoms with Crippen molar-refractivity contribution in [3.05, 3.63) is 89.5 Å². The van der Waals surface area contributed by atoms with Crippen molar-refractivity contribution < 1.29 is 19.1 Å². The maximum atomic E-state index is 12.9. The monoisotopic (exact) mass is 433 g/mol. The van der Waals surface area contributed by atoms with Crippen molar-refractivity contribution in [2.24, 2.45) is 0 Å². The second-order valence-electron chi connectivity index (χ2n) is 7.32. The van der Waals surface area contributed by atoms with Crippen LogP contribution in [-0.4, -0.2) is 40.1 Å². The number of nitrogens with zero attached hydrogens (tertiary/aromatic N) is 1. The summed E-state index contributed by atoms with van der Waals surface area (Å²) in [7, 11) is 7.03. The average molecular weight is 434 g/mol. The largest absolute Gasteiger partial charge is 0.497 e. The zero-order valence-electron chi connectivity index (χ0n) is 18.6. The fraction of sp³-hybridized carbons (Fsp3) is 0.200. The van der Waals surface area contributed by atoms with Gasteiger partial charge in [0.05, 0.1) is 14.2 Å². The minimum absolute atomic E-state index is 0.315. The van der Waals surface area contributed by atoms with E-state index in [0.29, 0.717) is 22.6 Å². The van der Waals surface area contributed by atoms with Crippen LogP contribution in [0.25, 0.3) is 0 Å². The summed E-state index contributed by atoms with van der Waals surface area (Å²) >= 11 is 0. The van der Waals surface area contributed by atoms with Crippen LogP contribution < -0.4 is 25.0 Å². The number of nitrogens with one attached hydrogen (secondary N) is 2. The number of hydrogen-bond donors (Lipinski definition) is 2. The van der Waals surface area contributed by atoms with Gasteiger partial charge in [0, 0.05) is 30.9 Å². The Bertz CT molecular complexity index is 985. The predicted molar refractivity (Wildman–Crippen MR) is 124 cm³/mol. The van der Waals surface area contributed by atoms with Crippen LogP contribution >= 0.6 is 0 Å². The standard InChI is InChI=1S/C25H27N3O4/c1-28(2)20-11-5-17(6-12-20)23(26-24(29)18-7-13-21(31-3)14-8-18)27-25(30)19-9-15-22(32-4)16-10-19/h5-16,23H,1-4H3,(H,26,29)(H,27,30). The maximum absolute atomic E-state index is 12.9. The van der Waals surface area contributed by atoms with Gasteiger partial charge in [-0.25, -0.2) is 0 Å². The van der Waals surface area contributed by atoms with Crippen LogP contribution in [0.1, 0.15) is 32.4 Å². The quantitative estimate of drug-likeness (QED) is 0.531.